The minimum atomic E-state index is 0.566. The van der Waals surface area contributed by atoms with E-state index in [2.05, 4.69) is 63.3 Å². The predicted molar refractivity (Wildman–Crippen MR) is 154 cm³/mol. The van der Waals surface area contributed by atoms with Gasteiger partial charge in [-0.2, -0.15) is 8.75 Å². The number of rotatable bonds is 12. The molecule has 1 aromatic carbocycles. The Hall–Kier alpha value is -1.56. The zero-order chi connectivity index (χ0) is 24.1. The van der Waals surface area contributed by atoms with Gasteiger partial charge in [0.05, 0.1) is 11.7 Å². The molecule has 1 atom stereocenters. The Morgan fingerprint density at radius 2 is 1.59 bits per heavy atom. The van der Waals surface area contributed by atoms with Crippen molar-refractivity contribution in [3.8, 4) is 20.2 Å². The van der Waals surface area contributed by atoms with E-state index in [1.165, 1.54) is 106 Å². The highest BCUT2D eigenvalue weighted by Gasteiger charge is 2.22. The topological polar surface area (TPSA) is 25.8 Å². The van der Waals surface area contributed by atoms with Crippen LogP contribution < -0.4 is 0 Å². The van der Waals surface area contributed by atoms with Crippen molar-refractivity contribution in [2.75, 3.05) is 0 Å². The largest absolute Gasteiger partial charge is 0.173 e. The lowest BCUT2D eigenvalue weighted by Gasteiger charge is -2.13. The van der Waals surface area contributed by atoms with Gasteiger partial charge in [0.25, 0.3) is 0 Å². The first-order chi connectivity index (χ1) is 16.5. The van der Waals surface area contributed by atoms with Gasteiger partial charge in [-0.3, -0.25) is 0 Å². The van der Waals surface area contributed by atoms with Crippen molar-refractivity contribution >= 4 is 45.4 Å². The van der Waals surface area contributed by atoms with Gasteiger partial charge >= 0.3 is 0 Å². The van der Waals surface area contributed by atoms with E-state index in [9.17, 15) is 0 Å². The summed E-state index contributed by atoms with van der Waals surface area (Å²) in [5.74, 6) is 0.566. The summed E-state index contributed by atoms with van der Waals surface area (Å²) in [6.45, 7) is 11.4. The van der Waals surface area contributed by atoms with Crippen molar-refractivity contribution in [1.82, 2.24) is 8.75 Å². The summed E-state index contributed by atoms with van der Waals surface area (Å²) < 4.78 is 9.27. The van der Waals surface area contributed by atoms with Crippen LogP contribution in [0.4, 0.5) is 0 Å². The number of unbranched alkanes of at least 4 members (excludes halogenated alkanes) is 5. The number of hydrogen-bond acceptors (Lipinski definition) is 5. The molecule has 0 fully saturated rings. The van der Waals surface area contributed by atoms with Crippen LogP contribution in [-0.2, 0) is 6.42 Å². The van der Waals surface area contributed by atoms with Crippen LogP contribution in [0.25, 0.3) is 31.2 Å². The number of fused-ring (bicyclic) bond motifs is 1. The van der Waals surface area contributed by atoms with Crippen molar-refractivity contribution in [1.29, 1.82) is 0 Å². The van der Waals surface area contributed by atoms with Gasteiger partial charge in [-0.15, -0.1) is 22.7 Å². The Kier molecular flexibility index (Phi) is 8.95. The molecule has 182 valence electrons. The molecule has 0 aliphatic rings. The van der Waals surface area contributed by atoms with Gasteiger partial charge in [0, 0.05) is 25.1 Å². The number of nitrogens with zero attached hydrogens (tertiary/aromatic N) is 2. The second-order valence-electron chi connectivity index (χ2n) is 9.71. The number of aromatic nitrogens is 2. The van der Waals surface area contributed by atoms with Crippen molar-refractivity contribution in [3.63, 3.8) is 0 Å². The summed E-state index contributed by atoms with van der Waals surface area (Å²) in [6.07, 6.45) is 11.6. The Balaban J connectivity index is 1.76. The summed E-state index contributed by atoms with van der Waals surface area (Å²) in [6, 6.07) is 9.39. The first-order valence-corrected chi connectivity index (χ1v) is 15.3. The van der Waals surface area contributed by atoms with Gasteiger partial charge in [-0.1, -0.05) is 71.4 Å². The van der Waals surface area contributed by atoms with Gasteiger partial charge in [-0.05, 0) is 67.9 Å². The average Bonchev–Trinajstić information content (AvgIpc) is 3.56. The fourth-order valence-corrected chi connectivity index (χ4v) is 7.99. The minimum Gasteiger partial charge on any atom is -0.173 e. The molecule has 3 aromatic heterocycles. The third-order valence-electron chi connectivity index (χ3n) is 6.85. The van der Waals surface area contributed by atoms with E-state index in [0.717, 1.165) is 11.0 Å². The quantitative estimate of drug-likeness (QED) is 0.177. The molecule has 0 bridgehead atoms. The predicted octanol–water partition coefficient (Wildman–Crippen LogP) is 10.6. The summed E-state index contributed by atoms with van der Waals surface area (Å²) in [4.78, 5) is 5.79. The standard InChI is InChI=1S/C29H38N2S3/c1-6-8-10-12-14-22-17-21(5)32-28(22)29-24(19(3)13-11-9-7-2)18-25(33-29)23-16-15-20(4)26-27(23)31-34-30-26/h15-19H,6-14H2,1-5H3. The summed E-state index contributed by atoms with van der Waals surface area (Å²) in [7, 11) is 0. The lowest BCUT2D eigenvalue weighted by molar-refractivity contribution is 0.600. The number of aryl methyl sites for hydroxylation is 3. The van der Waals surface area contributed by atoms with Crippen molar-refractivity contribution in [2.45, 2.75) is 98.3 Å². The molecule has 4 rings (SSSR count). The Morgan fingerprint density at radius 3 is 2.38 bits per heavy atom. The van der Waals surface area contributed by atoms with Crippen LogP contribution in [0.1, 0.15) is 99.6 Å². The van der Waals surface area contributed by atoms with Crippen LogP contribution in [0.5, 0.6) is 0 Å². The number of hydrogen-bond donors (Lipinski definition) is 0. The molecule has 1 unspecified atom stereocenters. The van der Waals surface area contributed by atoms with Gasteiger partial charge in [0.1, 0.15) is 11.0 Å². The fraction of sp³-hybridized carbons (Fsp3) is 0.517. The highest BCUT2D eigenvalue weighted by atomic mass is 32.1. The van der Waals surface area contributed by atoms with E-state index in [1.807, 2.05) is 22.7 Å². The minimum absolute atomic E-state index is 0.566. The first-order valence-electron chi connectivity index (χ1n) is 13.0. The van der Waals surface area contributed by atoms with Crippen LogP contribution in [-0.4, -0.2) is 8.75 Å². The van der Waals surface area contributed by atoms with Crippen LogP contribution in [0, 0.1) is 13.8 Å². The van der Waals surface area contributed by atoms with E-state index in [-0.39, 0.29) is 0 Å². The highest BCUT2D eigenvalue weighted by molar-refractivity contribution is 7.24. The molecule has 0 aliphatic carbocycles. The summed E-state index contributed by atoms with van der Waals surface area (Å²) >= 11 is 5.30. The van der Waals surface area contributed by atoms with Crippen LogP contribution >= 0.6 is 34.4 Å². The maximum Gasteiger partial charge on any atom is 0.113 e. The highest BCUT2D eigenvalue weighted by Crippen LogP contribution is 2.47. The van der Waals surface area contributed by atoms with Crippen molar-refractivity contribution in [3.05, 3.63) is 45.8 Å². The molecule has 2 nitrogen and oxygen atoms in total. The molecule has 0 aliphatic heterocycles. The van der Waals surface area contributed by atoms with Crippen LogP contribution in [0.2, 0.25) is 0 Å². The second kappa shape index (κ2) is 11.9. The number of thiophene rings is 2. The molecule has 4 aromatic rings. The zero-order valence-corrected chi connectivity index (χ0v) is 23.8. The van der Waals surface area contributed by atoms with E-state index in [1.54, 1.807) is 5.56 Å². The molecule has 0 radical (unpaired) electrons. The molecular formula is C29H38N2S3. The Morgan fingerprint density at radius 1 is 0.824 bits per heavy atom. The lowest BCUT2D eigenvalue weighted by Crippen LogP contribution is -1.94. The van der Waals surface area contributed by atoms with Crippen molar-refractivity contribution < 1.29 is 0 Å². The monoisotopic (exact) mass is 510 g/mol. The third kappa shape index (κ3) is 5.63. The molecule has 3 heterocycles. The molecule has 0 spiro atoms. The van der Waals surface area contributed by atoms with E-state index < -0.39 is 0 Å². The van der Waals surface area contributed by atoms with Crippen LogP contribution in [0.3, 0.4) is 0 Å². The van der Waals surface area contributed by atoms with Gasteiger partial charge in [0.15, 0.2) is 0 Å². The smallest absolute Gasteiger partial charge is 0.113 e. The molecule has 0 saturated heterocycles. The SMILES string of the molecule is CCCCCCc1cc(C)sc1-c1sc(-c2ccc(C)c3nsnc23)cc1C(C)CCCCC. The lowest BCUT2D eigenvalue weighted by atomic mass is 9.93. The Bertz CT molecular complexity index is 1210. The normalized spacial score (nSPS) is 12.6. The molecule has 34 heavy (non-hydrogen) atoms. The zero-order valence-electron chi connectivity index (χ0n) is 21.4. The maximum atomic E-state index is 4.69. The number of benzene rings is 1. The van der Waals surface area contributed by atoms with E-state index in [4.69, 9.17) is 4.37 Å². The van der Waals surface area contributed by atoms with Gasteiger partial charge in [-0.25, -0.2) is 0 Å². The molecule has 0 amide bonds. The average molecular weight is 511 g/mol. The second-order valence-corrected chi connectivity index (χ2v) is 12.5. The van der Waals surface area contributed by atoms with E-state index >= 15 is 0 Å². The maximum absolute atomic E-state index is 4.69. The molecule has 0 saturated carbocycles. The Labute approximate surface area is 217 Å². The molecular weight excluding hydrogens is 473 g/mol. The summed E-state index contributed by atoms with van der Waals surface area (Å²) in [5.41, 5.74) is 7.65. The first kappa shape index (κ1) is 25.5. The third-order valence-corrected chi connectivity index (χ3v) is 9.82. The fourth-order valence-electron chi connectivity index (χ4n) is 4.81. The van der Waals surface area contributed by atoms with Crippen molar-refractivity contribution in [2.24, 2.45) is 0 Å². The van der Waals surface area contributed by atoms with E-state index in [0.29, 0.717) is 5.92 Å². The van der Waals surface area contributed by atoms with Crippen LogP contribution in [0.15, 0.2) is 24.3 Å². The van der Waals surface area contributed by atoms with Gasteiger partial charge < -0.3 is 0 Å². The molecule has 5 heteroatoms. The summed E-state index contributed by atoms with van der Waals surface area (Å²) in [5, 5.41) is 0. The van der Waals surface area contributed by atoms with Gasteiger partial charge in [0.2, 0.25) is 0 Å². The molecule has 0 N–H and O–H groups in total.